The summed E-state index contributed by atoms with van der Waals surface area (Å²) in [6.07, 6.45) is 2.61. The van der Waals surface area contributed by atoms with E-state index in [2.05, 4.69) is 6.92 Å². The van der Waals surface area contributed by atoms with Gasteiger partial charge in [-0.05, 0) is 42.4 Å². The normalized spacial score (nSPS) is 24.9. The molecule has 1 aliphatic rings. The average molecular weight is 206 g/mol. The third kappa shape index (κ3) is 2.96. The van der Waals surface area contributed by atoms with E-state index in [-0.39, 0.29) is 0 Å². The summed E-state index contributed by atoms with van der Waals surface area (Å²) in [5.41, 5.74) is 1.04. The molecule has 2 rings (SSSR count). The van der Waals surface area contributed by atoms with E-state index in [9.17, 15) is 5.11 Å². The van der Waals surface area contributed by atoms with Crippen molar-refractivity contribution in [3.8, 4) is 5.75 Å². The lowest BCUT2D eigenvalue weighted by atomic mass is 9.77. The molecule has 2 nitrogen and oxygen atoms in total. The quantitative estimate of drug-likeness (QED) is 0.820. The maximum atomic E-state index is 9.26. The topological polar surface area (TPSA) is 29.5 Å². The molecule has 2 heteroatoms. The standard InChI is InChI=1S/C13H18O2/c1-10-5-12(6-10)9-15-8-11-3-2-4-13(14)7-11/h2-4,7,10,12,14H,5-6,8-9H2,1H3. The molecule has 1 aliphatic carbocycles. The van der Waals surface area contributed by atoms with E-state index in [0.29, 0.717) is 12.4 Å². The summed E-state index contributed by atoms with van der Waals surface area (Å²) in [6.45, 7) is 3.75. The Bertz CT molecular complexity index is 316. The Morgan fingerprint density at radius 2 is 2.20 bits per heavy atom. The lowest BCUT2D eigenvalue weighted by molar-refractivity contribution is 0.0391. The van der Waals surface area contributed by atoms with Crippen molar-refractivity contribution in [2.75, 3.05) is 6.61 Å². The van der Waals surface area contributed by atoms with Gasteiger partial charge in [0.15, 0.2) is 0 Å². The maximum Gasteiger partial charge on any atom is 0.115 e. The molecule has 0 aliphatic heterocycles. The Kier molecular flexibility index (Phi) is 3.27. The molecule has 1 aromatic carbocycles. The molecule has 0 bridgehead atoms. The van der Waals surface area contributed by atoms with Crippen LogP contribution in [0.3, 0.4) is 0 Å². The van der Waals surface area contributed by atoms with Gasteiger partial charge in [-0.15, -0.1) is 0 Å². The first kappa shape index (κ1) is 10.5. The molecule has 0 saturated heterocycles. The highest BCUT2D eigenvalue weighted by Gasteiger charge is 2.24. The van der Waals surface area contributed by atoms with E-state index in [1.165, 1.54) is 12.8 Å². The minimum absolute atomic E-state index is 0.313. The molecule has 0 spiro atoms. The van der Waals surface area contributed by atoms with E-state index in [4.69, 9.17) is 4.74 Å². The van der Waals surface area contributed by atoms with Crippen molar-refractivity contribution < 1.29 is 9.84 Å². The Labute approximate surface area is 90.9 Å². The van der Waals surface area contributed by atoms with E-state index in [1.54, 1.807) is 12.1 Å². The van der Waals surface area contributed by atoms with E-state index in [0.717, 1.165) is 24.0 Å². The number of phenols is 1. The van der Waals surface area contributed by atoms with Crippen LogP contribution < -0.4 is 0 Å². The monoisotopic (exact) mass is 206 g/mol. The minimum atomic E-state index is 0.313. The number of aromatic hydroxyl groups is 1. The van der Waals surface area contributed by atoms with Crippen LogP contribution in [-0.4, -0.2) is 11.7 Å². The van der Waals surface area contributed by atoms with Crippen molar-refractivity contribution in [1.82, 2.24) is 0 Å². The fourth-order valence-electron chi connectivity index (χ4n) is 2.19. The second kappa shape index (κ2) is 4.67. The van der Waals surface area contributed by atoms with Gasteiger partial charge < -0.3 is 9.84 Å². The molecule has 15 heavy (non-hydrogen) atoms. The Balaban J connectivity index is 1.69. The van der Waals surface area contributed by atoms with Gasteiger partial charge in [-0.2, -0.15) is 0 Å². The van der Waals surface area contributed by atoms with Gasteiger partial charge in [0.25, 0.3) is 0 Å². The highest BCUT2D eigenvalue weighted by molar-refractivity contribution is 5.26. The highest BCUT2D eigenvalue weighted by atomic mass is 16.5. The van der Waals surface area contributed by atoms with Crippen LogP contribution >= 0.6 is 0 Å². The Morgan fingerprint density at radius 3 is 2.87 bits per heavy atom. The summed E-state index contributed by atoms with van der Waals surface area (Å²) >= 11 is 0. The van der Waals surface area contributed by atoms with Gasteiger partial charge in [0.05, 0.1) is 6.61 Å². The number of phenolic OH excluding ortho intramolecular Hbond substituents is 1. The fourth-order valence-corrected chi connectivity index (χ4v) is 2.19. The molecule has 0 amide bonds. The van der Waals surface area contributed by atoms with Crippen molar-refractivity contribution in [2.45, 2.75) is 26.4 Å². The summed E-state index contributed by atoms with van der Waals surface area (Å²) in [4.78, 5) is 0. The van der Waals surface area contributed by atoms with Crippen molar-refractivity contribution in [3.05, 3.63) is 29.8 Å². The van der Waals surface area contributed by atoms with Gasteiger partial charge in [-0.25, -0.2) is 0 Å². The fraction of sp³-hybridized carbons (Fsp3) is 0.538. The highest BCUT2D eigenvalue weighted by Crippen LogP contribution is 2.33. The lowest BCUT2D eigenvalue weighted by Gasteiger charge is -2.32. The lowest BCUT2D eigenvalue weighted by Crippen LogP contribution is -2.25. The van der Waals surface area contributed by atoms with E-state index in [1.807, 2.05) is 12.1 Å². The second-order valence-corrected chi connectivity index (χ2v) is 4.63. The summed E-state index contributed by atoms with van der Waals surface area (Å²) in [7, 11) is 0. The predicted molar refractivity (Wildman–Crippen MR) is 59.7 cm³/mol. The average Bonchev–Trinajstić information content (AvgIpc) is 2.15. The molecule has 0 heterocycles. The first-order valence-corrected chi connectivity index (χ1v) is 5.59. The number of ether oxygens (including phenoxy) is 1. The zero-order valence-corrected chi connectivity index (χ0v) is 9.15. The zero-order valence-electron chi connectivity index (χ0n) is 9.15. The predicted octanol–water partition coefficient (Wildman–Crippen LogP) is 2.95. The Morgan fingerprint density at radius 1 is 1.40 bits per heavy atom. The Hall–Kier alpha value is -1.02. The molecule has 0 aromatic heterocycles. The van der Waals surface area contributed by atoms with Crippen LogP contribution in [-0.2, 0) is 11.3 Å². The van der Waals surface area contributed by atoms with Crippen LogP contribution in [0.2, 0.25) is 0 Å². The summed E-state index contributed by atoms with van der Waals surface area (Å²) < 4.78 is 5.62. The number of hydrogen-bond acceptors (Lipinski definition) is 2. The smallest absolute Gasteiger partial charge is 0.115 e. The summed E-state index contributed by atoms with van der Waals surface area (Å²) in [6, 6.07) is 7.25. The second-order valence-electron chi connectivity index (χ2n) is 4.63. The molecule has 0 atom stereocenters. The van der Waals surface area contributed by atoms with Crippen molar-refractivity contribution in [1.29, 1.82) is 0 Å². The third-order valence-corrected chi connectivity index (χ3v) is 3.00. The molecular formula is C13H18O2. The molecule has 0 unspecified atom stereocenters. The summed E-state index contributed by atoms with van der Waals surface area (Å²) in [5, 5.41) is 9.26. The molecule has 1 fully saturated rings. The molecule has 1 saturated carbocycles. The number of benzene rings is 1. The van der Waals surface area contributed by atoms with Gasteiger partial charge in [-0.3, -0.25) is 0 Å². The van der Waals surface area contributed by atoms with Gasteiger partial charge in [0.1, 0.15) is 5.75 Å². The first-order chi connectivity index (χ1) is 7.24. The van der Waals surface area contributed by atoms with Crippen molar-refractivity contribution in [2.24, 2.45) is 11.8 Å². The molecule has 82 valence electrons. The number of rotatable bonds is 4. The van der Waals surface area contributed by atoms with Gasteiger partial charge in [0.2, 0.25) is 0 Å². The first-order valence-electron chi connectivity index (χ1n) is 5.59. The zero-order chi connectivity index (χ0) is 10.7. The van der Waals surface area contributed by atoms with Crippen LogP contribution in [0.15, 0.2) is 24.3 Å². The minimum Gasteiger partial charge on any atom is -0.508 e. The van der Waals surface area contributed by atoms with E-state index >= 15 is 0 Å². The van der Waals surface area contributed by atoms with Crippen LogP contribution in [0.5, 0.6) is 5.75 Å². The van der Waals surface area contributed by atoms with Gasteiger partial charge in [-0.1, -0.05) is 19.1 Å². The largest absolute Gasteiger partial charge is 0.508 e. The van der Waals surface area contributed by atoms with Crippen LogP contribution in [0.1, 0.15) is 25.3 Å². The van der Waals surface area contributed by atoms with Gasteiger partial charge in [0, 0.05) is 6.61 Å². The van der Waals surface area contributed by atoms with E-state index < -0.39 is 0 Å². The van der Waals surface area contributed by atoms with Crippen LogP contribution in [0.4, 0.5) is 0 Å². The van der Waals surface area contributed by atoms with Crippen molar-refractivity contribution >= 4 is 0 Å². The number of hydrogen-bond donors (Lipinski definition) is 1. The SMILES string of the molecule is CC1CC(COCc2cccc(O)c2)C1. The molecular weight excluding hydrogens is 188 g/mol. The summed E-state index contributed by atoms with van der Waals surface area (Å²) in [5.74, 6) is 1.96. The van der Waals surface area contributed by atoms with Gasteiger partial charge >= 0.3 is 0 Å². The van der Waals surface area contributed by atoms with Crippen LogP contribution in [0.25, 0.3) is 0 Å². The molecule has 0 radical (unpaired) electrons. The third-order valence-electron chi connectivity index (χ3n) is 3.00. The van der Waals surface area contributed by atoms with Crippen molar-refractivity contribution in [3.63, 3.8) is 0 Å². The maximum absolute atomic E-state index is 9.26. The molecule has 1 aromatic rings. The van der Waals surface area contributed by atoms with Crippen LogP contribution in [0, 0.1) is 11.8 Å². The molecule has 1 N–H and O–H groups in total.